The van der Waals surface area contributed by atoms with Gasteiger partial charge in [0.15, 0.2) is 17.5 Å². The zero-order valence-electron chi connectivity index (χ0n) is 27.1. The van der Waals surface area contributed by atoms with Crippen LogP contribution in [0.1, 0.15) is 0 Å². The molecule has 0 radical (unpaired) electrons. The fourth-order valence-electron chi connectivity index (χ4n) is 7.54. The monoisotopic (exact) mass is 686 g/mol. The topological polar surface area (TPSA) is 43.6 Å². The summed E-state index contributed by atoms with van der Waals surface area (Å²) >= 11 is 3.70. The molecule has 0 spiro atoms. The van der Waals surface area contributed by atoms with Crippen molar-refractivity contribution in [1.82, 2.24) is 19.5 Å². The summed E-state index contributed by atoms with van der Waals surface area (Å²) in [6, 6.07) is 55.9. The van der Waals surface area contributed by atoms with Crippen LogP contribution in [0.5, 0.6) is 0 Å². The van der Waals surface area contributed by atoms with Gasteiger partial charge >= 0.3 is 0 Å². The van der Waals surface area contributed by atoms with Crippen LogP contribution >= 0.6 is 22.7 Å². The third-order valence-corrected chi connectivity index (χ3v) is 12.1. The number of thiophene rings is 2. The molecule has 0 amide bonds. The van der Waals surface area contributed by atoms with Crippen LogP contribution in [0.15, 0.2) is 158 Å². The highest BCUT2D eigenvalue weighted by atomic mass is 32.1. The second-order valence-electron chi connectivity index (χ2n) is 12.8. The van der Waals surface area contributed by atoms with Crippen molar-refractivity contribution < 1.29 is 0 Å². The summed E-state index contributed by atoms with van der Waals surface area (Å²) in [7, 11) is 0. The Balaban J connectivity index is 1.11. The summed E-state index contributed by atoms with van der Waals surface area (Å²) in [6.07, 6.45) is 0. The Hall–Kier alpha value is -6.21. The van der Waals surface area contributed by atoms with E-state index in [1.54, 1.807) is 0 Å². The normalized spacial score (nSPS) is 11.9. The molecule has 0 aliphatic heterocycles. The molecular formula is C45H26N4S2. The minimum Gasteiger partial charge on any atom is -0.309 e. The van der Waals surface area contributed by atoms with Gasteiger partial charge < -0.3 is 4.57 Å². The van der Waals surface area contributed by atoms with Crippen LogP contribution in [-0.4, -0.2) is 19.5 Å². The lowest BCUT2D eigenvalue weighted by molar-refractivity contribution is 1.08. The molecular weight excluding hydrogens is 661 g/mol. The summed E-state index contributed by atoms with van der Waals surface area (Å²) < 4.78 is 7.46. The fraction of sp³-hybridized carbons (Fsp3) is 0. The van der Waals surface area contributed by atoms with E-state index >= 15 is 0 Å². The van der Waals surface area contributed by atoms with Crippen molar-refractivity contribution in [2.75, 3.05) is 0 Å². The lowest BCUT2D eigenvalue weighted by Gasteiger charge is -2.09. The van der Waals surface area contributed by atoms with E-state index < -0.39 is 0 Å². The number of fused-ring (bicyclic) bond motifs is 9. The maximum atomic E-state index is 5.10. The molecule has 238 valence electrons. The highest BCUT2D eigenvalue weighted by Crippen LogP contribution is 2.45. The first kappa shape index (κ1) is 28.6. The molecule has 0 unspecified atom stereocenters. The van der Waals surface area contributed by atoms with Gasteiger partial charge in [0.25, 0.3) is 0 Å². The predicted octanol–water partition coefficient (Wildman–Crippen LogP) is 12.7. The molecule has 0 aliphatic carbocycles. The standard InChI is InChI=1S/C45H26N4S2/c1-3-12-27(13-4-1)43-46-44(28-14-5-2-6-15-28)48-45(47-43)33-18-11-21-38-42(33)35-25-34-32-23-22-29(24-39(32)51-40(34)26-41(35)50-38)49-36-19-9-7-16-30(36)31-17-8-10-20-37(31)49/h1-26H. The number of para-hydroxylation sites is 2. The quantitative estimate of drug-likeness (QED) is 0.185. The molecule has 0 aliphatic rings. The van der Waals surface area contributed by atoms with Crippen LogP contribution in [0.3, 0.4) is 0 Å². The number of benzene rings is 7. The molecule has 0 N–H and O–H groups in total. The zero-order valence-corrected chi connectivity index (χ0v) is 28.7. The van der Waals surface area contributed by atoms with E-state index in [-0.39, 0.29) is 0 Å². The maximum absolute atomic E-state index is 5.10. The van der Waals surface area contributed by atoms with Gasteiger partial charge in [0, 0.05) is 73.5 Å². The molecule has 0 saturated carbocycles. The van der Waals surface area contributed by atoms with Crippen LogP contribution in [0.4, 0.5) is 0 Å². The zero-order chi connectivity index (χ0) is 33.5. The average molecular weight is 687 g/mol. The summed E-state index contributed by atoms with van der Waals surface area (Å²) in [5, 5.41) is 7.51. The molecule has 11 aromatic rings. The van der Waals surface area contributed by atoms with Crippen molar-refractivity contribution in [3.8, 4) is 39.9 Å². The first-order valence-corrected chi connectivity index (χ1v) is 18.6. The Morgan fingerprint density at radius 2 is 0.941 bits per heavy atom. The molecule has 51 heavy (non-hydrogen) atoms. The molecule has 0 saturated heterocycles. The molecule has 0 atom stereocenters. The highest BCUT2D eigenvalue weighted by Gasteiger charge is 2.19. The molecule has 11 rings (SSSR count). The van der Waals surface area contributed by atoms with Gasteiger partial charge in [-0.15, -0.1) is 22.7 Å². The van der Waals surface area contributed by atoms with E-state index in [0.29, 0.717) is 17.5 Å². The van der Waals surface area contributed by atoms with E-state index in [1.165, 1.54) is 67.8 Å². The van der Waals surface area contributed by atoms with Crippen molar-refractivity contribution >= 4 is 84.8 Å². The molecule has 4 aromatic heterocycles. The average Bonchev–Trinajstić information content (AvgIpc) is 3.86. The van der Waals surface area contributed by atoms with Crippen LogP contribution < -0.4 is 0 Å². The predicted molar refractivity (Wildman–Crippen MR) is 216 cm³/mol. The number of hydrogen-bond acceptors (Lipinski definition) is 5. The summed E-state index contributed by atoms with van der Waals surface area (Å²) in [6.45, 7) is 0. The van der Waals surface area contributed by atoms with Gasteiger partial charge in [-0.05, 0) is 42.5 Å². The number of rotatable bonds is 4. The number of hydrogen-bond donors (Lipinski definition) is 0. The molecule has 0 bridgehead atoms. The van der Waals surface area contributed by atoms with Crippen molar-refractivity contribution in [3.05, 3.63) is 158 Å². The summed E-state index contributed by atoms with van der Waals surface area (Å²) in [5.74, 6) is 2.02. The molecule has 6 heteroatoms. The van der Waals surface area contributed by atoms with Gasteiger partial charge in [-0.3, -0.25) is 0 Å². The van der Waals surface area contributed by atoms with E-state index in [1.807, 2.05) is 59.1 Å². The van der Waals surface area contributed by atoms with E-state index in [9.17, 15) is 0 Å². The fourth-order valence-corrected chi connectivity index (χ4v) is 9.93. The van der Waals surface area contributed by atoms with E-state index in [2.05, 4.69) is 126 Å². The van der Waals surface area contributed by atoms with Crippen molar-refractivity contribution in [2.24, 2.45) is 0 Å². The lowest BCUT2D eigenvalue weighted by atomic mass is 10.0. The van der Waals surface area contributed by atoms with Crippen LogP contribution in [0, 0.1) is 0 Å². The van der Waals surface area contributed by atoms with E-state index in [4.69, 9.17) is 15.0 Å². The minimum atomic E-state index is 0.668. The van der Waals surface area contributed by atoms with Gasteiger partial charge in [-0.1, -0.05) is 115 Å². The van der Waals surface area contributed by atoms with Crippen molar-refractivity contribution in [3.63, 3.8) is 0 Å². The molecule has 7 aromatic carbocycles. The Labute approximate surface area is 300 Å². The highest BCUT2D eigenvalue weighted by molar-refractivity contribution is 7.28. The van der Waals surface area contributed by atoms with Crippen molar-refractivity contribution in [1.29, 1.82) is 0 Å². The molecule has 4 nitrogen and oxygen atoms in total. The first-order chi connectivity index (χ1) is 25.3. The third kappa shape index (κ3) is 4.47. The lowest BCUT2D eigenvalue weighted by Crippen LogP contribution is -2.00. The van der Waals surface area contributed by atoms with Crippen LogP contribution in [-0.2, 0) is 0 Å². The summed E-state index contributed by atoms with van der Waals surface area (Å²) in [5.41, 5.74) is 6.58. The van der Waals surface area contributed by atoms with E-state index in [0.717, 1.165) is 16.7 Å². The Bertz CT molecular complexity index is 3030. The Kier molecular flexibility index (Phi) is 6.26. The summed E-state index contributed by atoms with van der Waals surface area (Å²) in [4.78, 5) is 15.1. The van der Waals surface area contributed by atoms with Gasteiger partial charge in [-0.25, -0.2) is 15.0 Å². The number of nitrogens with zero attached hydrogens (tertiary/aromatic N) is 4. The second kappa shape index (κ2) is 11.2. The van der Waals surface area contributed by atoms with Crippen LogP contribution in [0.2, 0.25) is 0 Å². The SMILES string of the molecule is c1ccc(-c2nc(-c3ccccc3)nc(-c3cccc4sc5cc6sc7cc(-n8c9ccccc9c9ccccc98)ccc7c6cc5c34)n2)cc1. The third-order valence-electron chi connectivity index (χ3n) is 9.85. The van der Waals surface area contributed by atoms with Crippen molar-refractivity contribution in [2.45, 2.75) is 0 Å². The number of aromatic nitrogens is 4. The first-order valence-electron chi connectivity index (χ1n) is 16.9. The molecule has 0 fully saturated rings. The van der Waals surface area contributed by atoms with Gasteiger partial charge in [0.05, 0.1) is 11.0 Å². The smallest absolute Gasteiger partial charge is 0.164 e. The van der Waals surface area contributed by atoms with Gasteiger partial charge in [0.1, 0.15) is 0 Å². The van der Waals surface area contributed by atoms with Gasteiger partial charge in [-0.2, -0.15) is 0 Å². The Morgan fingerprint density at radius 1 is 0.373 bits per heavy atom. The minimum absolute atomic E-state index is 0.668. The largest absolute Gasteiger partial charge is 0.309 e. The van der Waals surface area contributed by atoms with Crippen LogP contribution in [0.25, 0.3) is 102 Å². The maximum Gasteiger partial charge on any atom is 0.164 e. The Morgan fingerprint density at radius 3 is 1.63 bits per heavy atom. The second-order valence-corrected chi connectivity index (χ2v) is 15.0. The van der Waals surface area contributed by atoms with Gasteiger partial charge in [0.2, 0.25) is 0 Å². The molecule has 4 heterocycles.